The van der Waals surface area contributed by atoms with Gasteiger partial charge >= 0.3 is 0 Å². The number of aliphatic hydroxyl groups excluding tert-OH is 1. The van der Waals surface area contributed by atoms with Crippen molar-refractivity contribution in [1.29, 1.82) is 0 Å². The highest BCUT2D eigenvalue weighted by molar-refractivity contribution is 7.99. The van der Waals surface area contributed by atoms with Crippen LogP contribution in [0.5, 0.6) is 5.75 Å². The Balaban J connectivity index is 1.31. The fourth-order valence-electron chi connectivity index (χ4n) is 4.05. The molecule has 2 amide bonds. The Morgan fingerprint density at radius 2 is 1.81 bits per heavy atom. The lowest BCUT2D eigenvalue weighted by atomic mass is 10.2. The number of methoxy groups -OCH3 is 1. The number of para-hydroxylation sites is 1. The van der Waals surface area contributed by atoms with Crippen LogP contribution in [0.3, 0.4) is 0 Å². The number of anilines is 1. The Hall–Kier alpha value is -3.64. The van der Waals surface area contributed by atoms with E-state index in [9.17, 15) is 19.1 Å². The SMILES string of the molecule is COc1ccc(C(=O)N[C@H](CO)c2nnc(SCC(=O)N3CCN(c4ccccc4F)CC3)n2C)cc1. The number of halogens is 1. The van der Waals surface area contributed by atoms with Gasteiger partial charge in [-0.2, -0.15) is 0 Å². The number of nitrogens with zero attached hydrogens (tertiary/aromatic N) is 5. The second-order valence-electron chi connectivity index (χ2n) is 8.44. The van der Waals surface area contributed by atoms with Crippen LogP contribution in [0.1, 0.15) is 22.2 Å². The van der Waals surface area contributed by atoms with Crippen LogP contribution in [0, 0.1) is 5.82 Å². The molecule has 1 atom stereocenters. The predicted octanol–water partition coefficient (Wildman–Crippen LogP) is 1.87. The number of nitrogens with one attached hydrogen (secondary N) is 1. The van der Waals surface area contributed by atoms with Crippen molar-refractivity contribution < 1.29 is 23.8 Å². The molecule has 0 radical (unpaired) electrons. The summed E-state index contributed by atoms with van der Waals surface area (Å²) in [5.41, 5.74) is 0.963. The molecule has 2 heterocycles. The first kappa shape index (κ1) is 26.4. The third kappa shape index (κ3) is 6.20. The Bertz CT molecular complexity index is 1230. The van der Waals surface area contributed by atoms with E-state index in [4.69, 9.17) is 4.74 Å². The molecule has 37 heavy (non-hydrogen) atoms. The number of ether oxygens (including phenoxy) is 1. The summed E-state index contributed by atoms with van der Waals surface area (Å²) in [6.45, 7) is 1.74. The van der Waals surface area contributed by atoms with E-state index in [-0.39, 0.29) is 30.0 Å². The number of carbonyl (C=O) groups excluding carboxylic acids is 2. The molecular weight excluding hydrogens is 499 g/mol. The van der Waals surface area contributed by atoms with E-state index in [0.717, 1.165) is 0 Å². The van der Waals surface area contributed by atoms with Crippen LogP contribution in [0.25, 0.3) is 0 Å². The quantitative estimate of drug-likeness (QED) is 0.405. The number of rotatable bonds is 9. The van der Waals surface area contributed by atoms with Gasteiger partial charge in [0.05, 0.1) is 25.2 Å². The van der Waals surface area contributed by atoms with E-state index in [1.54, 1.807) is 66.1 Å². The minimum Gasteiger partial charge on any atom is -0.497 e. The predicted molar refractivity (Wildman–Crippen MR) is 137 cm³/mol. The third-order valence-corrected chi connectivity index (χ3v) is 7.18. The molecule has 0 unspecified atom stereocenters. The molecule has 0 aliphatic carbocycles. The van der Waals surface area contributed by atoms with Gasteiger partial charge in [-0.05, 0) is 36.4 Å². The van der Waals surface area contributed by atoms with E-state index in [0.29, 0.717) is 54.2 Å². The number of carbonyl (C=O) groups is 2. The lowest BCUT2D eigenvalue weighted by molar-refractivity contribution is -0.128. The lowest BCUT2D eigenvalue weighted by Gasteiger charge is -2.36. The summed E-state index contributed by atoms with van der Waals surface area (Å²) in [7, 11) is 3.26. The molecule has 4 rings (SSSR count). The van der Waals surface area contributed by atoms with Crippen LogP contribution in [-0.4, -0.2) is 82.2 Å². The van der Waals surface area contributed by atoms with E-state index < -0.39 is 6.04 Å². The zero-order valence-corrected chi connectivity index (χ0v) is 21.4. The number of hydrogen-bond acceptors (Lipinski definition) is 8. The molecule has 0 saturated carbocycles. The molecule has 1 aliphatic rings. The number of aliphatic hydroxyl groups is 1. The zero-order valence-electron chi connectivity index (χ0n) is 20.6. The molecule has 0 bridgehead atoms. The molecule has 2 N–H and O–H groups in total. The fourth-order valence-corrected chi connectivity index (χ4v) is 4.87. The van der Waals surface area contributed by atoms with Crippen molar-refractivity contribution in [2.45, 2.75) is 11.2 Å². The molecule has 1 fully saturated rings. The summed E-state index contributed by atoms with van der Waals surface area (Å²) >= 11 is 1.23. The topological polar surface area (TPSA) is 113 Å². The van der Waals surface area contributed by atoms with Gasteiger partial charge < -0.3 is 29.5 Å². The van der Waals surface area contributed by atoms with Crippen molar-refractivity contribution in [3.63, 3.8) is 0 Å². The summed E-state index contributed by atoms with van der Waals surface area (Å²) < 4.78 is 20.8. The van der Waals surface area contributed by atoms with Crippen molar-refractivity contribution in [2.75, 3.05) is 50.5 Å². The summed E-state index contributed by atoms with van der Waals surface area (Å²) in [5, 5.41) is 21.4. The third-order valence-electron chi connectivity index (χ3n) is 6.17. The first-order valence-corrected chi connectivity index (χ1v) is 12.7. The van der Waals surface area contributed by atoms with Gasteiger partial charge in [-0.15, -0.1) is 10.2 Å². The normalized spacial score (nSPS) is 14.4. The van der Waals surface area contributed by atoms with Crippen molar-refractivity contribution in [3.05, 3.63) is 65.7 Å². The first-order chi connectivity index (χ1) is 17.9. The van der Waals surface area contributed by atoms with Gasteiger partial charge in [0.25, 0.3) is 5.91 Å². The van der Waals surface area contributed by atoms with Gasteiger partial charge in [0.15, 0.2) is 11.0 Å². The van der Waals surface area contributed by atoms with Crippen LogP contribution in [0.2, 0.25) is 0 Å². The van der Waals surface area contributed by atoms with Gasteiger partial charge in [-0.25, -0.2) is 4.39 Å². The molecule has 12 heteroatoms. The molecular formula is C25H29FN6O4S. The van der Waals surface area contributed by atoms with E-state index >= 15 is 0 Å². The van der Waals surface area contributed by atoms with E-state index in [2.05, 4.69) is 15.5 Å². The molecule has 0 spiro atoms. The molecule has 1 saturated heterocycles. The van der Waals surface area contributed by atoms with Gasteiger partial charge in [0.2, 0.25) is 5.91 Å². The van der Waals surface area contributed by atoms with Crippen molar-refractivity contribution in [2.24, 2.45) is 7.05 Å². The van der Waals surface area contributed by atoms with Crippen LogP contribution >= 0.6 is 11.8 Å². The second-order valence-corrected chi connectivity index (χ2v) is 9.39. The number of amides is 2. The number of hydrogen-bond donors (Lipinski definition) is 2. The standard InChI is InChI=1S/C25H29FN6O4S/c1-30-23(20(15-33)27-24(35)17-7-9-18(36-2)10-8-17)28-29-25(30)37-16-22(34)32-13-11-31(12-14-32)21-6-4-3-5-19(21)26/h3-10,20,33H,11-16H2,1-2H3,(H,27,35)/t20-/m1/s1. The van der Waals surface area contributed by atoms with Crippen LogP contribution < -0.4 is 15.0 Å². The van der Waals surface area contributed by atoms with Gasteiger partial charge in [0.1, 0.15) is 17.6 Å². The largest absolute Gasteiger partial charge is 0.497 e. The summed E-state index contributed by atoms with van der Waals surface area (Å²) in [6, 6.07) is 12.5. The molecule has 1 aliphatic heterocycles. The smallest absolute Gasteiger partial charge is 0.251 e. The van der Waals surface area contributed by atoms with Crippen molar-refractivity contribution in [1.82, 2.24) is 25.0 Å². The van der Waals surface area contributed by atoms with E-state index in [1.165, 1.54) is 17.8 Å². The molecule has 3 aromatic rings. The van der Waals surface area contributed by atoms with Gasteiger partial charge in [-0.3, -0.25) is 9.59 Å². The first-order valence-electron chi connectivity index (χ1n) is 11.8. The minimum atomic E-state index is -0.774. The Morgan fingerprint density at radius 1 is 1.11 bits per heavy atom. The summed E-state index contributed by atoms with van der Waals surface area (Å²) in [6.07, 6.45) is 0. The molecule has 1 aromatic heterocycles. The summed E-state index contributed by atoms with van der Waals surface area (Å²) in [5.74, 6) is 0.480. The monoisotopic (exact) mass is 528 g/mol. The molecule has 196 valence electrons. The van der Waals surface area contributed by atoms with E-state index in [1.807, 2.05) is 4.90 Å². The zero-order chi connectivity index (χ0) is 26.4. The number of piperazine rings is 1. The number of aromatic nitrogens is 3. The lowest BCUT2D eigenvalue weighted by Crippen LogP contribution is -2.49. The molecule has 2 aromatic carbocycles. The Morgan fingerprint density at radius 3 is 2.46 bits per heavy atom. The number of benzene rings is 2. The fraction of sp³-hybridized carbons (Fsp3) is 0.360. The van der Waals surface area contributed by atoms with Crippen LogP contribution in [0.15, 0.2) is 53.7 Å². The second kappa shape index (κ2) is 12.1. The van der Waals surface area contributed by atoms with Gasteiger partial charge in [0, 0.05) is 38.8 Å². The summed E-state index contributed by atoms with van der Waals surface area (Å²) in [4.78, 5) is 29.1. The number of thioether (sulfide) groups is 1. The maximum atomic E-state index is 14.1. The Kier molecular flexibility index (Phi) is 8.62. The average Bonchev–Trinajstić information content (AvgIpc) is 3.30. The maximum absolute atomic E-state index is 14.1. The minimum absolute atomic E-state index is 0.0470. The van der Waals surface area contributed by atoms with Crippen molar-refractivity contribution in [3.8, 4) is 5.75 Å². The van der Waals surface area contributed by atoms with Crippen molar-refractivity contribution >= 4 is 29.3 Å². The highest BCUT2D eigenvalue weighted by atomic mass is 32.2. The maximum Gasteiger partial charge on any atom is 0.251 e. The van der Waals surface area contributed by atoms with Crippen LogP contribution in [-0.2, 0) is 11.8 Å². The molecule has 10 nitrogen and oxygen atoms in total. The highest BCUT2D eigenvalue weighted by Gasteiger charge is 2.25. The highest BCUT2D eigenvalue weighted by Crippen LogP contribution is 2.23. The van der Waals surface area contributed by atoms with Gasteiger partial charge in [-0.1, -0.05) is 23.9 Å². The van der Waals surface area contributed by atoms with Crippen LogP contribution in [0.4, 0.5) is 10.1 Å². The Labute approximate surface area is 218 Å². The average molecular weight is 529 g/mol.